The van der Waals surface area contributed by atoms with E-state index in [4.69, 9.17) is 4.52 Å². The largest absolute Gasteiger partial charge is 0.361 e. The number of nitrogens with zero attached hydrogens (tertiary/aromatic N) is 2. The molecule has 0 aromatic carbocycles. The van der Waals surface area contributed by atoms with Crippen LogP contribution in [0.4, 0.5) is 0 Å². The van der Waals surface area contributed by atoms with Crippen LogP contribution in [0.15, 0.2) is 4.52 Å². The summed E-state index contributed by atoms with van der Waals surface area (Å²) in [5.74, 6) is 0.978. The first-order valence-corrected chi connectivity index (χ1v) is 5.90. The normalized spacial score (nSPS) is 14.3. The zero-order valence-electron chi connectivity index (χ0n) is 10.9. The Hall–Kier alpha value is -0.830. The number of rotatable bonds is 0. The highest BCUT2D eigenvalue weighted by molar-refractivity contribution is 5.24. The van der Waals surface area contributed by atoms with Gasteiger partial charge in [0.15, 0.2) is 0 Å². The summed E-state index contributed by atoms with van der Waals surface area (Å²) in [4.78, 5) is 2.28. The molecule has 2 heterocycles. The Labute approximate surface area is 93.4 Å². The van der Waals surface area contributed by atoms with Gasteiger partial charge < -0.3 is 9.42 Å². The highest BCUT2D eigenvalue weighted by atomic mass is 16.5. The average Bonchev–Trinajstić information content (AvgIpc) is 2.66. The second-order valence-electron chi connectivity index (χ2n) is 3.15. The molecule has 0 spiro atoms. The van der Waals surface area contributed by atoms with Crippen molar-refractivity contribution in [3.63, 3.8) is 0 Å². The minimum absolute atomic E-state index is 0.978. The van der Waals surface area contributed by atoms with E-state index in [1.807, 2.05) is 34.6 Å². The molecule has 2 rings (SSSR count). The van der Waals surface area contributed by atoms with Gasteiger partial charge in [0, 0.05) is 25.1 Å². The minimum Gasteiger partial charge on any atom is -0.361 e. The SMILES string of the molecule is CC.CC.Cc1onc2c1CN(C)CC2. The summed E-state index contributed by atoms with van der Waals surface area (Å²) < 4.78 is 5.09. The van der Waals surface area contributed by atoms with E-state index in [1.165, 1.54) is 5.56 Å². The topological polar surface area (TPSA) is 29.3 Å². The lowest BCUT2D eigenvalue weighted by Crippen LogP contribution is -2.26. The fourth-order valence-corrected chi connectivity index (χ4v) is 1.48. The van der Waals surface area contributed by atoms with Crippen LogP contribution >= 0.6 is 0 Å². The molecule has 15 heavy (non-hydrogen) atoms. The zero-order valence-corrected chi connectivity index (χ0v) is 10.9. The van der Waals surface area contributed by atoms with Gasteiger partial charge in [-0.3, -0.25) is 0 Å². The molecule has 1 aromatic rings. The maximum absolute atomic E-state index is 5.09. The predicted molar refractivity (Wildman–Crippen MR) is 64.0 cm³/mol. The Morgan fingerprint density at radius 3 is 2.40 bits per heavy atom. The maximum atomic E-state index is 5.09. The fourth-order valence-electron chi connectivity index (χ4n) is 1.48. The number of hydrogen-bond acceptors (Lipinski definition) is 3. The number of fused-ring (bicyclic) bond motifs is 1. The molecule has 88 valence electrons. The van der Waals surface area contributed by atoms with E-state index in [0.29, 0.717) is 0 Å². The van der Waals surface area contributed by atoms with Crippen LogP contribution in [0.2, 0.25) is 0 Å². The van der Waals surface area contributed by atoms with Crippen molar-refractivity contribution in [1.29, 1.82) is 0 Å². The molecule has 0 fully saturated rings. The highest BCUT2D eigenvalue weighted by Gasteiger charge is 2.19. The third-order valence-electron chi connectivity index (χ3n) is 2.22. The van der Waals surface area contributed by atoms with Gasteiger partial charge in [0.25, 0.3) is 0 Å². The van der Waals surface area contributed by atoms with Crippen molar-refractivity contribution < 1.29 is 4.52 Å². The summed E-state index contributed by atoms with van der Waals surface area (Å²) in [6.45, 7) is 12.1. The van der Waals surface area contributed by atoms with Crippen molar-refractivity contribution in [2.45, 2.75) is 47.6 Å². The van der Waals surface area contributed by atoms with Crippen molar-refractivity contribution in [3.05, 3.63) is 17.0 Å². The second kappa shape index (κ2) is 7.46. The summed E-state index contributed by atoms with van der Waals surface area (Å²) in [7, 11) is 2.12. The number of aryl methyl sites for hydroxylation is 1. The molecule has 0 radical (unpaired) electrons. The van der Waals surface area contributed by atoms with Gasteiger partial charge in [0.1, 0.15) is 5.76 Å². The molecule has 1 aromatic heterocycles. The zero-order chi connectivity index (χ0) is 11.8. The van der Waals surface area contributed by atoms with Gasteiger partial charge in [-0.1, -0.05) is 32.9 Å². The quantitative estimate of drug-likeness (QED) is 0.662. The highest BCUT2D eigenvalue weighted by Crippen LogP contribution is 2.19. The molecule has 0 aliphatic carbocycles. The second-order valence-corrected chi connectivity index (χ2v) is 3.15. The lowest BCUT2D eigenvalue weighted by Gasteiger charge is -2.20. The number of likely N-dealkylation sites (N-methyl/N-ethyl adjacent to an activating group) is 1. The van der Waals surface area contributed by atoms with Gasteiger partial charge in [-0.2, -0.15) is 0 Å². The molecular weight excluding hydrogens is 188 g/mol. The fraction of sp³-hybridized carbons (Fsp3) is 0.750. The third-order valence-corrected chi connectivity index (χ3v) is 2.22. The van der Waals surface area contributed by atoms with Crippen LogP contribution in [0.5, 0.6) is 0 Å². The van der Waals surface area contributed by atoms with Gasteiger partial charge in [0.2, 0.25) is 0 Å². The van der Waals surface area contributed by atoms with Gasteiger partial charge in [-0.15, -0.1) is 0 Å². The first-order valence-electron chi connectivity index (χ1n) is 5.90. The Morgan fingerprint density at radius 2 is 1.80 bits per heavy atom. The molecule has 1 aliphatic rings. The monoisotopic (exact) mass is 212 g/mol. The van der Waals surface area contributed by atoms with E-state index in [1.54, 1.807) is 0 Å². The van der Waals surface area contributed by atoms with E-state index in [2.05, 4.69) is 17.1 Å². The Kier molecular flexibility index (Phi) is 7.05. The Morgan fingerprint density at radius 1 is 1.20 bits per heavy atom. The molecule has 1 aliphatic heterocycles. The molecule has 3 nitrogen and oxygen atoms in total. The summed E-state index contributed by atoms with van der Waals surface area (Å²) >= 11 is 0. The molecule has 0 saturated heterocycles. The lowest BCUT2D eigenvalue weighted by atomic mass is 10.1. The third kappa shape index (κ3) is 3.67. The average molecular weight is 212 g/mol. The lowest BCUT2D eigenvalue weighted by molar-refractivity contribution is 0.311. The number of aromatic nitrogens is 1. The maximum Gasteiger partial charge on any atom is 0.138 e. The molecule has 0 saturated carbocycles. The van der Waals surface area contributed by atoms with Gasteiger partial charge >= 0.3 is 0 Å². The Bertz CT molecular complexity index is 269. The van der Waals surface area contributed by atoms with Crippen LogP contribution in [-0.2, 0) is 13.0 Å². The first kappa shape index (κ1) is 14.2. The van der Waals surface area contributed by atoms with Gasteiger partial charge in [-0.25, -0.2) is 0 Å². The smallest absolute Gasteiger partial charge is 0.138 e. The van der Waals surface area contributed by atoms with Crippen LogP contribution in [0, 0.1) is 6.92 Å². The van der Waals surface area contributed by atoms with E-state index in [9.17, 15) is 0 Å². The van der Waals surface area contributed by atoms with Gasteiger partial charge in [0.05, 0.1) is 5.69 Å². The molecular formula is C12H24N2O. The van der Waals surface area contributed by atoms with Crippen molar-refractivity contribution in [2.24, 2.45) is 0 Å². The van der Waals surface area contributed by atoms with Crippen LogP contribution in [-0.4, -0.2) is 23.6 Å². The molecule has 0 amide bonds. The van der Waals surface area contributed by atoms with Crippen molar-refractivity contribution in [1.82, 2.24) is 10.1 Å². The van der Waals surface area contributed by atoms with E-state index in [-0.39, 0.29) is 0 Å². The predicted octanol–water partition coefficient (Wildman–Crippen LogP) is 3.02. The van der Waals surface area contributed by atoms with E-state index < -0.39 is 0 Å². The van der Waals surface area contributed by atoms with Crippen LogP contribution < -0.4 is 0 Å². The summed E-state index contributed by atoms with van der Waals surface area (Å²) in [5, 5.41) is 3.99. The van der Waals surface area contributed by atoms with Crippen LogP contribution in [0.1, 0.15) is 44.7 Å². The Balaban J connectivity index is 0.000000442. The summed E-state index contributed by atoms with van der Waals surface area (Å²) in [5.41, 5.74) is 2.44. The van der Waals surface area contributed by atoms with Crippen LogP contribution in [0.3, 0.4) is 0 Å². The molecule has 0 bridgehead atoms. The van der Waals surface area contributed by atoms with Crippen molar-refractivity contribution >= 4 is 0 Å². The van der Waals surface area contributed by atoms with Crippen molar-refractivity contribution in [2.75, 3.05) is 13.6 Å². The minimum atomic E-state index is 0.978. The van der Waals surface area contributed by atoms with Crippen LogP contribution in [0.25, 0.3) is 0 Å². The van der Waals surface area contributed by atoms with Crippen molar-refractivity contribution in [3.8, 4) is 0 Å². The van der Waals surface area contributed by atoms with Gasteiger partial charge in [-0.05, 0) is 14.0 Å². The van der Waals surface area contributed by atoms with E-state index >= 15 is 0 Å². The standard InChI is InChI=1S/C8H12N2O.2C2H6/c1-6-7-5-10(2)4-3-8(7)9-11-6;2*1-2/h3-5H2,1-2H3;2*1-2H3. The molecule has 0 unspecified atom stereocenters. The number of hydrogen-bond donors (Lipinski definition) is 0. The molecule has 3 heteroatoms. The molecule has 0 atom stereocenters. The summed E-state index contributed by atoms with van der Waals surface area (Å²) in [6, 6.07) is 0. The van der Waals surface area contributed by atoms with E-state index in [0.717, 1.165) is 31.0 Å². The first-order chi connectivity index (χ1) is 7.27. The molecule has 0 N–H and O–H groups in total. The summed E-state index contributed by atoms with van der Waals surface area (Å²) in [6.07, 6.45) is 1.03.